The molecule has 3 aliphatic heterocycles. The van der Waals surface area contributed by atoms with E-state index in [1.54, 1.807) is 30.3 Å². The van der Waals surface area contributed by atoms with E-state index in [0.29, 0.717) is 36.2 Å². The zero-order chi connectivity index (χ0) is 30.8. The van der Waals surface area contributed by atoms with E-state index < -0.39 is 28.8 Å². The Labute approximate surface area is 252 Å². The van der Waals surface area contributed by atoms with Gasteiger partial charge in [0.1, 0.15) is 12.4 Å². The summed E-state index contributed by atoms with van der Waals surface area (Å²) in [6, 6.07) is 17.3. The summed E-state index contributed by atoms with van der Waals surface area (Å²) in [6.07, 6.45) is 2.82. The zero-order valence-corrected chi connectivity index (χ0v) is 23.8. The standard InChI is InChI=1S/C32H31FN6O5/c33-26-10-3-1-8-24(26)29-25-9-2-4-11-27(25)38(19-28(40)37-17-20-12-13-21(18-37)15-14-20)31(41)30(35-29)36-32(42)34-22-6-5-7-23(16-22)39(43)44/h1-11,16,20-21,30H,12-15,17-19H2,(H2,34,36,42)/t20?,21?,30-/m0/s1. The van der Waals surface area contributed by atoms with Crippen molar-refractivity contribution in [3.8, 4) is 0 Å². The van der Waals surface area contributed by atoms with E-state index in [9.17, 15) is 24.5 Å². The maximum absolute atomic E-state index is 15.2. The first-order valence-electron chi connectivity index (χ1n) is 14.6. The third-order valence-electron chi connectivity index (χ3n) is 8.49. The Morgan fingerprint density at radius 1 is 0.932 bits per heavy atom. The van der Waals surface area contributed by atoms with E-state index >= 15 is 4.39 Å². The number of nitro groups is 1. The molecule has 3 aromatic rings. The molecular formula is C32H31FN6O5. The van der Waals surface area contributed by atoms with Crippen molar-refractivity contribution in [1.29, 1.82) is 0 Å². The van der Waals surface area contributed by atoms with Crippen molar-refractivity contribution >= 4 is 40.6 Å². The Morgan fingerprint density at radius 3 is 2.27 bits per heavy atom. The van der Waals surface area contributed by atoms with Crippen LogP contribution in [0.5, 0.6) is 0 Å². The number of carbonyl (C=O) groups excluding carboxylic acids is 3. The van der Waals surface area contributed by atoms with Crippen LogP contribution in [0, 0.1) is 27.8 Å². The lowest BCUT2D eigenvalue weighted by Gasteiger charge is -2.29. The number of nitro benzene ring substituents is 1. The van der Waals surface area contributed by atoms with E-state index in [1.807, 2.05) is 4.90 Å². The number of nitrogens with one attached hydrogen (secondary N) is 2. The van der Waals surface area contributed by atoms with Gasteiger partial charge in [0.2, 0.25) is 12.1 Å². The van der Waals surface area contributed by atoms with Gasteiger partial charge in [0, 0.05) is 42.0 Å². The molecule has 0 radical (unpaired) electrons. The number of fused-ring (bicyclic) bond motifs is 5. The summed E-state index contributed by atoms with van der Waals surface area (Å²) in [5.41, 5.74) is 0.955. The van der Waals surface area contributed by atoms with Gasteiger partial charge in [-0.05, 0) is 61.8 Å². The lowest BCUT2D eigenvalue weighted by atomic mass is 9.84. The highest BCUT2D eigenvalue weighted by Gasteiger charge is 2.37. The molecule has 3 heterocycles. The van der Waals surface area contributed by atoms with Gasteiger partial charge in [-0.25, -0.2) is 14.2 Å². The zero-order valence-electron chi connectivity index (χ0n) is 23.8. The number of rotatable bonds is 6. The molecule has 226 valence electrons. The molecule has 7 rings (SSSR count). The molecule has 4 amide bonds. The SMILES string of the molecule is O=C(Nc1cccc([N+](=O)[O-])c1)N[C@@H]1N=C(c2ccccc2F)c2ccccc2N(CC(=O)N2CC3CCC(CC3)C2)C1=O. The van der Waals surface area contributed by atoms with Gasteiger partial charge in [0.25, 0.3) is 11.6 Å². The van der Waals surface area contributed by atoms with Crippen molar-refractivity contribution in [3.05, 3.63) is 99.9 Å². The largest absolute Gasteiger partial charge is 0.341 e. The number of carbonyl (C=O) groups is 3. The number of urea groups is 1. The summed E-state index contributed by atoms with van der Waals surface area (Å²) < 4.78 is 15.2. The van der Waals surface area contributed by atoms with Gasteiger partial charge in [-0.1, -0.05) is 36.4 Å². The van der Waals surface area contributed by atoms with Crippen molar-refractivity contribution < 1.29 is 23.7 Å². The van der Waals surface area contributed by atoms with E-state index in [1.165, 1.54) is 47.4 Å². The molecule has 1 aliphatic carbocycles. The van der Waals surface area contributed by atoms with E-state index in [0.717, 1.165) is 25.7 Å². The molecule has 0 spiro atoms. The van der Waals surface area contributed by atoms with Crippen molar-refractivity contribution in [3.63, 3.8) is 0 Å². The van der Waals surface area contributed by atoms with Crippen LogP contribution in [0.3, 0.4) is 0 Å². The Kier molecular flexibility index (Phi) is 8.05. The van der Waals surface area contributed by atoms with Gasteiger partial charge in [0.05, 0.1) is 16.3 Å². The minimum Gasteiger partial charge on any atom is -0.341 e. The fourth-order valence-corrected chi connectivity index (χ4v) is 6.28. The Bertz CT molecular complexity index is 1640. The smallest absolute Gasteiger partial charge is 0.321 e. The number of benzodiazepines with no additional fused rings is 1. The number of amides is 4. The maximum Gasteiger partial charge on any atom is 0.321 e. The van der Waals surface area contributed by atoms with Gasteiger partial charge >= 0.3 is 6.03 Å². The molecule has 1 atom stereocenters. The first-order chi connectivity index (χ1) is 21.3. The summed E-state index contributed by atoms with van der Waals surface area (Å²) in [6.45, 7) is 1.01. The summed E-state index contributed by atoms with van der Waals surface area (Å²) in [5, 5.41) is 16.2. The number of para-hydroxylation sites is 1. The molecular weight excluding hydrogens is 567 g/mol. The second-order valence-corrected chi connectivity index (χ2v) is 11.4. The topological polar surface area (TPSA) is 137 Å². The number of hydrogen-bond donors (Lipinski definition) is 2. The predicted octanol–water partition coefficient (Wildman–Crippen LogP) is 4.71. The number of halogens is 1. The second-order valence-electron chi connectivity index (χ2n) is 11.4. The van der Waals surface area contributed by atoms with Gasteiger partial charge in [-0.2, -0.15) is 0 Å². The number of anilines is 2. The van der Waals surface area contributed by atoms with Crippen LogP contribution in [-0.4, -0.2) is 59.2 Å². The summed E-state index contributed by atoms with van der Waals surface area (Å²) >= 11 is 0. The number of non-ortho nitro benzene ring substituents is 1. The Balaban J connectivity index is 1.34. The summed E-state index contributed by atoms with van der Waals surface area (Å²) in [7, 11) is 0. The van der Waals surface area contributed by atoms with Crippen molar-refractivity contribution in [2.24, 2.45) is 16.8 Å². The van der Waals surface area contributed by atoms with Crippen LogP contribution >= 0.6 is 0 Å². The van der Waals surface area contributed by atoms with Gasteiger partial charge in [0.15, 0.2) is 0 Å². The molecule has 3 aromatic carbocycles. The first-order valence-corrected chi connectivity index (χ1v) is 14.6. The highest BCUT2D eigenvalue weighted by Crippen LogP contribution is 2.34. The van der Waals surface area contributed by atoms with Crippen LogP contribution < -0.4 is 15.5 Å². The average Bonchev–Trinajstić information content (AvgIpc) is 3.40. The monoisotopic (exact) mass is 598 g/mol. The molecule has 11 nitrogen and oxygen atoms in total. The van der Waals surface area contributed by atoms with Crippen LogP contribution in [0.4, 0.5) is 26.2 Å². The van der Waals surface area contributed by atoms with Crippen molar-refractivity contribution in [2.45, 2.75) is 31.8 Å². The third kappa shape index (κ3) is 6.01. The normalized spacial score (nSPS) is 21.1. The maximum atomic E-state index is 15.2. The van der Waals surface area contributed by atoms with Crippen LogP contribution in [0.2, 0.25) is 0 Å². The van der Waals surface area contributed by atoms with Crippen LogP contribution in [0.25, 0.3) is 0 Å². The molecule has 12 heteroatoms. The molecule has 2 N–H and O–H groups in total. The molecule has 44 heavy (non-hydrogen) atoms. The Hall–Kier alpha value is -5.13. The highest BCUT2D eigenvalue weighted by molar-refractivity contribution is 6.21. The van der Waals surface area contributed by atoms with E-state index in [-0.39, 0.29) is 35.1 Å². The number of benzene rings is 3. The van der Waals surface area contributed by atoms with Gasteiger partial charge < -0.3 is 15.5 Å². The van der Waals surface area contributed by atoms with Crippen molar-refractivity contribution in [1.82, 2.24) is 10.2 Å². The third-order valence-corrected chi connectivity index (χ3v) is 8.49. The summed E-state index contributed by atoms with van der Waals surface area (Å²) in [4.78, 5) is 59.3. The molecule has 2 saturated heterocycles. The van der Waals surface area contributed by atoms with Gasteiger partial charge in [-0.15, -0.1) is 0 Å². The lowest BCUT2D eigenvalue weighted by Crippen LogP contribution is -2.51. The number of hydrogen-bond acceptors (Lipinski definition) is 6. The highest BCUT2D eigenvalue weighted by atomic mass is 19.1. The fourth-order valence-electron chi connectivity index (χ4n) is 6.28. The molecule has 2 bridgehead atoms. The molecule has 1 saturated carbocycles. The molecule has 4 aliphatic rings. The van der Waals surface area contributed by atoms with Crippen LogP contribution in [0.1, 0.15) is 36.8 Å². The first kappa shape index (κ1) is 29.0. The summed E-state index contributed by atoms with van der Waals surface area (Å²) in [5.74, 6) is -0.580. The van der Waals surface area contributed by atoms with E-state index in [2.05, 4.69) is 15.6 Å². The predicted molar refractivity (Wildman–Crippen MR) is 162 cm³/mol. The molecule has 0 unspecified atom stereocenters. The van der Waals surface area contributed by atoms with Crippen LogP contribution in [0.15, 0.2) is 77.8 Å². The Morgan fingerprint density at radius 2 is 1.59 bits per heavy atom. The van der Waals surface area contributed by atoms with Gasteiger partial charge in [-0.3, -0.25) is 24.6 Å². The molecule has 3 fully saturated rings. The van der Waals surface area contributed by atoms with E-state index in [4.69, 9.17) is 0 Å². The second kappa shape index (κ2) is 12.2. The number of aliphatic imine (C=N–C) groups is 1. The number of nitrogens with zero attached hydrogens (tertiary/aromatic N) is 4. The molecule has 0 aromatic heterocycles. The average molecular weight is 599 g/mol. The van der Waals surface area contributed by atoms with Crippen LogP contribution in [-0.2, 0) is 9.59 Å². The van der Waals surface area contributed by atoms with Crippen molar-refractivity contribution in [2.75, 3.05) is 29.9 Å². The minimum atomic E-state index is -1.54. The lowest BCUT2D eigenvalue weighted by molar-refractivity contribution is -0.384. The quantitative estimate of drug-likeness (QED) is 0.313. The fraction of sp³-hybridized carbons (Fsp3) is 0.312. The minimum absolute atomic E-state index is 0.121.